The number of anilines is 2. The van der Waals surface area contributed by atoms with Crippen LogP contribution in [0.2, 0.25) is 0 Å². The van der Waals surface area contributed by atoms with Gasteiger partial charge >= 0.3 is 0 Å². The van der Waals surface area contributed by atoms with Crippen LogP contribution in [0, 0.1) is 0 Å². The second kappa shape index (κ2) is 5.37. The van der Waals surface area contributed by atoms with Crippen LogP contribution in [0.4, 0.5) is 11.4 Å². The number of hydrogen-bond acceptors (Lipinski definition) is 2. The second-order valence-electron chi connectivity index (χ2n) is 5.30. The summed E-state index contributed by atoms with van der Waals surface area (Å²) >= 11 is 0. The minimum Gasteiger partial charge on any atom is -0.399 e. The molecule has 0 aromatic heterocycles. The van der Waals surface area contributed by atoms with Crippen molar-refractivity contribution in [3.63, 3.8) is 0 Å². The Morgan fingerprint density at radius 2 is 1.80 bits per heavy atom. The van der Waals surface area contributed by atoms with Gasteiger partial charge in [-0.25, -0.2) is 0 Å². The molecule has 1 aliphatic rings. The molecule has 3 rings (SSSR count). The molecule has 3 heteroatoms. The van der Waals surface area contributed by atoms with Gasteiger partial charge in [0.05, 0.1) is 6.42 Å². The van der Waals surface area contributed by atoms with Crippen molar-refractivity contribution in [1.29, 1.82) is 0 Å². The largest absolute Gasteiger partial charge is 0.399 e. The maximum atomic E-state index is 12.0. The van der Waals surface area contributed by atoms with Gasteiger partial charge < -0.3 is 11.1 Å². The van der Waals surface area contributed by atoms with E-state index in [2.05, 4.69) is 17.4 Å². The van der Waals surface area contributed by atoms with Gasteiger partial charge in [0.1, 0.15) is 0 Å². The second-order valence-corrected chi connectivity index (χ2v) is 5.30. The lowest BCUT2D eigenvalue weighted by Crippen LogP contribution is -2.14. The highest BCUT2D eigenvalue weighted by Crippen LogP contribution is 2.24. The molecule has 0 radical (unpaired) electrons. The van der Waals surface area contributed by atoms with Crippen LogP contribution in [0.3, 0.4) is 0 Å². The zero-order valence-electron chi connectivity index (χ0n) is 11.4. The van der Waals surface area contributed by atoms with E-state index in [1.54, 1.807) is 0 Å². The van der Waals surface area contributed by atoms with Crippen LogP contribution >= 0.6 is 0 Å². The van der Waals surface area contributed by atoms with E-state index in [0.29, 0.717) is 12.1 Å². The SMILES string of the molecule is Nc1ccc(CC(=O)Nc2ccc3c(c2)CCC3)cc1. The van der Waals surface area contributed by atoms with E-state index < -0.39 is 0 Å². The average Bonchev–Trinajstić information content (AvgIpc) is 2.89. The van der Waals surface area contributed by atoms with Crippen molar-refractivity contribution >= 4 is 17.3 Å². The molecule has 0 aliphatic heterocycles. The molecule has 2 aromatic rings. The fourth-order valence-electron chi connectivity index (χ4n) is 2.68. The van der Waals surface area contributed by atoms with Gasteiger partial charge in [-0.15, -0.1) is 0 Å². The maximum absolute atomic E-state index is 12.0. The van der Waals surface area contributed by atoms with Crippen molar-refractivity contribution in [2.24, 2.45) is 0 Å². The third-order valence-corrected chi connectivity index (χ3v) is 3.73. The Morgan fingerprint density at radius 3 is 2.60 bits per heavy atom. The molecule has 1 aliphatic carbocycles. The highest BCUT2D eigenvalue weighted by Gasteiger charge is 2.11. The standard InChI is InChI=1S/C17H18N2O/c18-15-7-4-12(5-8-15)10-17(20)19-16-9-6-13-2-1-3-14(13)11-16/h4-9,11H,1-3,10,18H2,(H,19,20). The number of hydrogen-bond donors (Lipinski definition) is 2. The molecule has 0 fully saturated rings. The van der Waals surface area contributed by atoms with Crippen LogP contribution in [-0.2, 0) is 24.1 Å². The van der Waals surface area contributed by atoms with Gasteiger partial charge in [0, 0.05) is 11.4 Å². The highest BCUT2D eigenvalue weighted by molar-refractivity contribution is 5.92. The van der Waals surface area contributed by atoms with Crippen molar-refractivity contribution in [3.05, 3.63) is 59.2 Å². The molecule has 3 N–H and O–H groups in total. The average molecular weight is 266 g/mol. The summed E-state index contributed by atoms with van der Waals surface area (Å²) in [5.74, 6) is 0.00715. The van der Waals surface area contributed by atoms with E-state index >= 15 is 0 Å². The lowest BCUT2D eigenvalue weighted by molar-refractivity contribution is -0.115. The lowest BCUT2D eigenvalue weighted by Gasteiger charge is -2.08. The van der Waals surface area contributed by atoms with Gasteiger partial charge in [-0.05, 0) is 60.2 Å². The fraction of sp³-hybridized carbons (Fsp3) is 0.235. The summed E-state index contributed by atoms with van der Waals surface area (Å²) in [6.45, 7) is 0. The third-order valence-electron chi connectivity index (χ3n) is 3.73. The van der Waals surface area contributed by atoms with Gasteiger partial charge in [-0.2, -0.15) is 0 Å². The van der Waals surface area contributed by atoms with E-state index in [-0.39, 0.29) is 5.91 Å². The Morgan fingerprint density at radius 1 is 1.05 bits per heavy atom. The smallest absolute Gasteiger partial charge is 0.228 e. The van der Waals surface area contributed by atoms with Crippen molar-refractivity contribution in [2.75, 3.05) is 11.1 Å². The van der Waals surface area contributed by atoms with Gasteiger partial charge in [0.25, 0.3) is 0 Å². The molecule has 1 amide bonds. The first kappa shape index (κ1) is 12.7. The van der Waals surface area contributed by atoms with E-state index in [0.717, 1.165) is 24.1 Å². The predicted octanol–water partition coefficient (Wildman–Crippen LogP) is 2.94. The number of carbonyl (C=O) groups is 1. The zero-order valence-corrected chi connectivity index (χ0v) is 11.4. The van der Waals surface area contributed by atoms with Gasteiger partial charge in [0.2, 0.25) is 5.91 Å². The summed E-state index contributed by atoms with van der Waals surface area (Å²) in [6, 6.07) is 13.6. The molecule has 102 valence electrons. The molecule has 0 bridgehead atoms. The summed E-state index contributed by atoms with van der Waals surface area (Å²) < 4.78 is 0. The Bertz CT molecular complexity index is 632. The molecule has 0 atom stereocenters. The lowest BCUT2D eigenvalue weighted by atomic mass is 10.1. The van der Waals surface area contributed by atoms with Crippen LogP contribution in [0.15, 0.2) is 42.5 Å². The Kier molecular flexibility index (Phi) is 3.42. The number of nitrogen functional groups attached to an aromatic ring is 1. The van der Waals surface area contributed by atoms with E-state index in [4.69, 9.17) is 5.73 Å². The summed E-state index contributed by atoms with van der Waals surface area (Å²) in [4.78, 5) is 12.0. The van der Waals surface area contributed by atoms with Crippen molar-refractivity contribution in [2.45, 2.75) is 25.7 Å². The molecule has 0 saturated carbocycles. The Hall–Kier alpha value is -2.29. The number of nitrogens with one attached hydrogen (secondary N) is 1. The van der Waals surface area contributed by atoms with Gasteiger partial charge in [-0.1, -0.05) is 18.2 Å². The van der Waals surface area contributed by atoms with Gasteiger partial charge in [-0.3, -0.25) is 4.79 Å². The normalized spacial score (nSPS) is 13.0. The summed E-state index contributed by atoms with van der Waals surface area (Å²) in [5.41, 5.74) is 11.0. The van der Waals surface area contributed by atoms with E-state index in [9.17, 15) is 4.79 Å². The van der Waals surface area contributed by atoms with Crippen LogP contribution in [0.5, 0.6) is 0 Å². The van der Waals surface area contributed by atoms with Crippen LogP contribution in [-0.4, -0.2) is 5.91 Å². The summed E-state index contributed by atoms with van der Waals surface area (Å²) in [5, 5.41) is 2.96. The van der Waals surface area contributed by atoms with Crippen LogP contribution in [0.25, 0.3) is 0 Å². The monoisotopic (exact) mass is 266 g/mol. The van der Waals surface area contributed by atoms with Crippen LogP contribution in [0.1, 0.15) is 23.1 Å². The summed E-state index contributed by atoms with van der Waals surface area (Å²) in [7, 11) is 0. The van der Waals surface area contributed by atoms with Crippen molar-refractivity contribution in [1.82, 2.24) is 0 Å². The number of carbonyl (C=O) groups excluding carboxylic acids is 1. The van der Waals surface area contributed by atoms with E-state index in [1.165, 1.54) is 17.5 Å². The highest BCUT2D eigenvalue weighted by atomic mass is 16.1. The first-order valence-corrected chi connectivity index (χ1v) is 6.97. The minimum atomic E-state index is 0.00715. The number of rotatable bonds is 3. The first-order valence-electron chi connectivity index (χ1n) is 6.97. The molecule has 0 spiro atoms. The predicted molar refractivity (Wildman–Crippen MR) is 81.7 cm³/mol. The number of benzene rings is 2. The Balaban J connectivity index is 1.65. The third kappa shape index (κ3) is 2.82. The molecule has 3 nitrogen and oxygen atoms in total. The first-order chi connectivity index (χ1) is 9.70. The number of aryl methyl sites for hydroxylation is 2. The quantitative estimate of drug-likeness (QED) is 0.839. The zero-order chi connectivity index (χ0) is 13.9. The number of fused-ring (bicyclic) bond motifs is 1. The molecule has 20 heavy (non-hydrogen) atoms. The van der Waals surface area contributed by atoms with E-state index in [1.807, 2.05) is 30.3 Å². The number of amides is 1. The summed E-state index contributed by atoms with van der Waals surface area (Å²) in [6.07, 6.45) is 3.88. The topological polar surface area (TPSA) is 55.1 Å². The Labute approximate surface area is 118 Å². The fourth-order valence-corrected chi connectivity index (χ4v) is 2.68. The molecule has 0 saturated heterocycles. The van der Waals surface area contributed by atoms with Crippen LogP contribution < -0.4 is 11.1 Å². The molecule has 0 heterocycles. The molecule has 2 aromatic carbocycles. The van der Waals surface area contributed by atoms with Crippen molar-refractivity contribution < 1.29 is 4.79 Å². The molecular formula is C17H18N2O. The maximum Gasteiger partial charge on any atom is 0.228 e. The van der Waals surface area contributed by atoms with Crippen molar-refractivity contribution in [3.8, 4) is 0 Å². The molecular weight excluding hydrogens is 248 g/mol. The number of nitrogens with two attached hydrogens (primary N) is 1. The van der Waals surface area contributed by atoms with Gasteiger partial charge in [0.15, 0.2) is 0 Å². The molecule has 0 unspecified atom stereocenters. The minimum absolute atomic E-state index is 0.00715.